The zero-order valence-corrected chi connectivity index (χ0v) is 18.9. The zero-order valence-electron chi connectivity index (χ0n) is 18.9. The van der Waals surface area contributed by atoms with E-state index in [-0.39, 0.29) is 24.4 Å². The maximum atomic E-state index is 13.5. The van der Waals surface area contributed by atoms with Crippen molar-refractivity contribution in [2.75, 3.05) is 0 Å². The molecule has 35 heavy (non-hydrogen) atoms. The standard InChI is InChI=1S/C25H23F3N4O3/c1-14-6-11-20(23(34)30-14)32-15(2)31-19-5-3-4-17(22(19)24(32)35)13-29-21(33)12-16-7-9-18(10-8-16)25(26,27)28/h3-5,7-10,20H,1,6,11-13H2,2H3,(H,29,33)(H,30,34). The van der Waals surface area contributed by atoms with Crippen molar-refractivity contribution in [1.29, 1.82) is 0 Å². The van der Waals surface area contributed by atoms with Gasteiger partial charge in [0, 0.05) is 12.2 Å². The molecule has 10 heteroatoms. The number of amides is 2. The van der Waals surface area contributed by atoms with E-state index >= 15 is 0 Å². The maximum absolute atomic E-state index is 13.5. The highest BCUT2D eigenvalue weighted by atomic mass is 19.4. The molecule has 0 bridgehead atoms. The van der Waals surface area contributed by atoms with Crippen molar-refractivity contribution in [2.45, 2.75) is 44.9 Å². The lowest BCUT2D eigenvalue weighted by Crippen LogP contribution is -2.41. The van der Waals surface area contributed by atoms with Crippen LogP contribution in [-0.2, 0) is 28.7 Å². The number of alkyl halides is 3. The topological polar surface area (TPSA) is 93.1 Å². The third-order valence-corrected chi connectivity index (χ3v) is 5.95. The second-order valence-corrected chi connectivity index (χ2v) is 8.44. The number of halogens is 3. The van der Waals surface area contributed by atoms with Crippen molar-refractivity contribution in [2.24, 2.45) is 0 Å². The SMILES string of the molecule is C=C1CCC(n2c(C)nc3cccc(CNC(=O)Cc4ccc(C(F)(F)F)cc4)c3c2=O)C(=O)N1. The van der Waals surface area contributed by atoms with Gasteiger partial charge < -0.3 is 10.6 Å². The molecule has 0 spiro atoms. The summed E-state index contributed by atoms with van der Waals surface area (Å²) in [6.07, 6.45) is -3.59. The molecule has 2 heterocycles. The van der Waals surface area contributed by atoms with E-state index in [0.29, 0.717) is 46.4 Å². The molecule has 4 rings (SSSR count). The fourth-order valence-corrected chi connectivity index (χ4v) is 4.20. The van der Waals surface area contributed by atoms with Crippen LogP contribution in [0.4, 0.5) is 13.2 Å². The minimum absolute atomic E-state index is 0.0183. The Morgan fingerprint density at radius 3 is 2.57 bits per heavy atom. The molecule has 1 saturated heterocycles. The molecule has 1 aliphatic heterocycles. The van der Waals surface area contributed by atoms with Gasteiger partial charge in [0.2, 0.25) is 11.8 Å². The summed E-state index contributed by atoms with van der Waals surface area (Å²) in [7, 11) is 0. The Morgan fingerprint density at radius 2 is 1.91 bits per heavy atom. The molecule has 7 nitrogen and oxygen atoms in total. The van der Waals surface area contributed by atoms with E-state index in [4.69, 9.17) is 0 Å². The van der Waals surface area contributed by atoms with Crippen molar-refractivity contribution < 1.29 is 22.8 Å². The molecule has 182 valence electrons. The van der Waals surface area contributed by atoms with Crippen LogP contribution in [-0.4, -0.2) is 21.4 Å². The van der Waals surface area contributed by atoms with Gasteiger partial charge in [-0.2, -0.15) is 13.2 Å². The van der Waals surface area contributed by atoms with Crippen molar-refractivity contribution in [1.82, 2.24) is 20.2 Å². The number of hydrogen-bond donors (Lipinski definition) is 2. The Hall–Kier alpha value is -3.95. The van der Waals surface area contributed by atoms with E-state index in [1.807, 2.05) is 0 Å². The lowest BCUT2D eigenvalue weighted by molar-refractivity contribution is -0.137. The molecule has 1 aliphatic rings. The van der Waals surface area contributed by atoms with E-state index in [1.54, 1.807) is 25.1 Å². The van der Waals surface area contributed by atoms with E-state index in [1.165, 1.54) is 16.7 Å². The van der Waals surface area contributed by atoms with Gasteiger partial charge in [-0.05, 0) is 49.1 Å². The fourth-order valence-electron chi connectivity index (χ4n) is 4.20. The van der Waals surface area contributed by atoms with Gasteiger partial charge in [-0.1, -0.05) is 30.8 Å². The van der Waals surface area contributed by atoms with E-state index < -0.39 is 23.7 Å². The number of nitrogens with zero attached hydrogens (tertiary/aromatic N) is 2. The van der Waals surface area contributed by atoms with Crippen molar-refractivity contribution >= 4 is 22.7 Å². The summed E-state index contributed by atoms with van der Waals surface area (Å²) in [6, 6.07) is 8.75. The highest BCUT2D eigenvalue weighted by Gasteiger charge is 2.30. The number of aromatic nitrogens is 2. The van der Waals surface area contributed by atoms with Gasteiger partial charge in [0.25, 0.3) is 5.56 Å². The molecule has 1 fully saturated rings. The summed E-state index contributed by atoms with van der Waals surface area (Å²) in [5.41, 5.74) is 0.828. The Labute approximate surface area is 198 Å². The first-order chi connectivity index (χ1) is 16.5. The minimum Gasteiger partial charge on any atom is -0.352 e. The lowest BCUT2D eigenvalue weighted by Gasteiger charge is -2.26. The van der Waals surface area contributed by atoms with Gasteiger partial charge in [0.1, 0.15) is 11.9 Å². The van der Waals surface area contributed by atoms with Gasteiger partial charge in [-0.15, -0.1) is 0 Å². The van der Waals surface area contributed by atoms with Crippen LogP contribution >= 0.6 is 0 Å². The molecule has 0 aliphatic carbocycles. The third-order valence-electron chi connectivity index (χ3n) is 5.95. The summed E-state index contributed by atoms with van der Waals surface area (Å²) < 4.78 is 39.5. The second-order valence-electron chi connectivity index (χ2n) is 8.44. The highest BCUT2D eigenvalue weighted by Crippen LogP contribution is 2.29. The van der Waals surface area contributed by atoms with Crippen LogP contribution in [0.2, 0.25) is 0 Å². The molecule has 1 atom stereocenters. The molecular weight excluding hydrogens is 461 g/mol. The smallest absolute Gasteiger partial charge is 0.352 e. The number of fused-ring (bicyclic) bond motifs is 1. The Kier molecular flexibility index (Phi) is 6.47. The molecule has 2 N–H and O–H groups in total. The fraction of sp³-hybridized carbons (Fsp3) is 0.280. The molecule has 0 saturated carbocycles. The first kappa shape index (κ1) is 24.2. The van der Waals surface area contributed by atoms with E-state index in [9.17, 15) is 27.6 Å². The van der Waals surface area contributed by atoms with Crippen molar-refractivity contribution in [3.05, 3.63) is 87.6 Å². The predicted molar refractivity (Wildman–Crippen MR) is 123 cm³/mol. The summed E-state index contributed by atoms with van der Waals surface area (Å²) in [5, 5.41) is 5.69. The van der Waals surface area contributed by atoms with Gasteiger partial charge >= 0.3 is 6.18 Å². The summed E-state index contributed by atoms with van der Waals surface area (Å²) in [5.74, 6) is -0.332. The number of allylic oxidation sites excluding steroid dienone is 1. The van der Waals surface area contributed by atoms with E-state index in [0.717, 1.165) is 12.1 Å². The molecule has 0 radical (unpaired) electrons. The maximum Gasteiger partial charge on any atom is 0.416 e. The Bertz CT molecular complexity index is 1380. The van der Waals surface area contributed by atoms with Gasteiger partial charge in [0.15, 0.2) is 0 Å². The molecule has 1 aromatic heterocycles. The van der Waals surface area contributed by atoms with Gasteiger partial charge in [-0.25, -0.2) is 4.98 Å². The summed E-state index contributed by atoms with van der Waals surface area (Å²) in [6.45, 7) is 5.44. The Balaban J connectivity index is 1.56. The third kappa shape index (κ3) is 5.11. The number of hydrogen-bond acceptors (Lipinski definition) is 4. The minimum atomic E-state index is -4.44. The van der Waals surface area contributed by atoms with Crippen LogP contribution in [0.1, 0.15) is 41.4 Å². The number of aryl methyl sites for hydroxylation is 1. The van der Waals surface area contributed by atoms with Crippen LogP contribution in [0.15, 0.2) is 59.5 Å². The average molecular weight is 484 g/mol. The second kappa shape index (κ2) is 9.36. The number of piperidine rings is 1. The average Bonchev–Trinajstić information content (AvgIpc) is 2.78. The molecule has 2 aromatic carbocycles. The van der Waals surface area contributed by atoms with Crippen LogP contribution in [0.5, 0.6) is 0 Å². The predicted octanol–water partition coefficient (Wildman–Crippen LogP) is 3.55. The number of rotatable bonds is 5. The van der Waals surface area contributed by atoms with Gasteiger partial charge in [0.05, 0.1) is 22.9 Å². The number of benzene rings is 2. The monoisotopic (exact) mass is 484 g/mol. The van der Waals surface area contributed by atoms with Crippen LogP contribution in [0.25, 0.3) is 10.9 Å². The molecular formula is C25H23F3N4O3. The van der Waals surface area contributed by atoms with E-state index in [2.05, 4.69) is 22.2 Å². The Morgan fingerprint density at radius 1 is 1.20 bits per heavy atom. The number of nitrogens with one attached hydrogen (secondary N) is 2. The van der Waals surface area contributed by atoms with Gasteiger partial charge in [-0.3, -0.25) is 19.0 Å². The largest absolute Gasteiger partial charge is 0.416 e. The first-order valence-corrected chi connectivity index (χ1v) is 11.0. The first-order valence-electron chi connectivity index (χ1n) is 11.0. The van der Waals surface area contributed by atoms with Crippen LogP contribution in [0, 0.1) is 6.92 Å². The summed E-state index contributed by atoms with van der Waals surface area (Å²) in [4.78, 5) is 42.9. The van der Waals surface area contributed by atoms with Crippen LogP contribution in [0.3, 0.4) is 0 Å². The normalized spacial score (nSPS) is 16.3. The summed E-state index contributed by atoms with van der Waals surface area (Å²) >= 11 is 0. The number of carbonyl (C=O) groups excluding carboxylic acids is 2. The van der Waals surface area contributed by atoms with Crippen LogP contribution < -0.4 is 16.2 Å². The highest BCUT2D eigenvalue weighted by molar-refractivity contribution is 5.85. The quantitative estimate of drug-likeness (QED) is 0.579. The lowest BCUT2D eigenvalue weighted by atomic mass is 10.0. The van der Waals surface area contributed by atoms with Crippen molar-refractivity contribution in [3.63, 3.8) is 0 Å². The zero-order chi connectivity index (χ0) is 25.3. The molecule has 2 amide bonds. The number of carbonyl (C=O) groups is 2. The molecule has 1 unspecified atom stereocenters. The molecule has 3 aromatic rings. The van der Waals surface area contributed by atoms with Crippen molar-refractivity contribution in [3.8, 4) is 0 Å².